The number of nitrogen functional groups attached to an aromatic ring is 1. The summed E-state index contributed by atoms with van der Waals surface area (Å²) in [7, 11) is 0. The second-order valence-corrected chi connectivity index (χ2v) is 10.6. The maximum atomic E-state index is 15.9. The fourth-order valence-electron chi connectivity index (χ4n) is 5.43. The largest absolute Gasteiger partial charge is 0.398 e. The SMILES string of the molecule is C=CC(=O)N1CCN(c2nc(=O)n(-c3c(C)ccnc3C(C)C(F)(F)F)c3nc(-c4c(N)cccc4F)c(F)cc23)[C@@H](C)C1. The van der Waals surface area contributed by atoms with Crippen molar-refractivity contribution in [2.24, 2.45) is 0 Å². The number of benzene rings is 1. The number of aromatic nitrogens is 4. The molecule has 1 amide bonds. The Bertz CT molecular complexity index is 1840. The van der Waals surface area contributed by atoms with E-state index in [1.165, 1.54) is 37.4 Å². The predicted molar refractivity (Wildman–Crippen MR) is 155 cm³/mol. The van der Waals surface area contributed by atoms with Crippen molar-refractivity contribution in [3.05, 3.63) is 82.6 Å². The normalized spacial score (nSPS) is 16.3. The van der Waals surface area contributed by atoms with Crippen LogP contribution < -0.4 is 16.3 Å². The van der Waals surface area contributed by atoms with Crippen LogP contribution in [0.25, 0.3) is 28.0 Å². The number of hydrogen-bond acceptors (Lipinski definition) is 7. The van der Waals surface area contributed by atoms with Gasteiger partial charge < -0.3 is 15.5 Å². The second kappa shape index (κ2) is 11.3. The van der Waals surface area contributed by atoms with Crippen molar-refractivity contribution < 1.29 is 26.7 Å². The number of anilines is 2. The Kier molecular flexibility index (Phi) is 7.87. The molecule has 230 valence electrons. The minimum Gasteiger partial charge on any atom is -0.398 e. The van der Waals surface area contributed by atoms with Gasteiger partial charge in [0.1, 0.15) is 17.3 Å². The highest BCUT2D eigenvalue weighted by Crippen LogP contribution is 2.39. The molecule has 14 heteroatoms. The molecule has 1 unspecified atom stereocenters. The Balaban J connectivity index is 1.85. The summed E-state index contributed by atoms with van der Waals surface area (Å²) in [5, 5.41) is -0.0232. The molecule has 1 aliphatic heterocycles. The Morgan fingerprint density at radius 3 is 2.52 bits per heavy atom. The molecular weight excluding hydrogens is 585 g/mol. The third-order valence-corrected chi connectivity index (χ3v) is 7.75. The summed E-state index contributed by atoms with van der Waals surface area (Å²) in [5.41, 5.74) is 3.18. The van der Waals surface area contributed by atoms with Gasteiger partial charge in [-0.25, -0.2) is 23.1 Å². The van der Waals surface area contributed by atoms with Crippen molar-refractivity contribution in [3.63, 3.8) is 0 Å². The lowest BCUT2D eigenvalue weighted by Crippen LogP contribution is -2.54. The number of carbonyl (C=O) groups excluding carboxylic acids is 1. The highest BCUT2D eigenvalue weighted by Gasteiger charge is 2.40. The van der Waals surface area contributed by atoms with Gasteiger partial charge in [0.15, 0.2) is 11.5 Å². The monoisotopic (exact) mass is 613 g/mol. The van der Waals surface area contributed by atoms with Gasteiger partial charge in [-0.05, 0) is 56.7 Å². The molecule has 0 saturated carbocycles. The molecule has 2 atom stereocenters. The van der Waals surface area contributed by atoms with Crippen LogP contribution in [0.2, 0.25) is 0 Å². The minimum atomic E-state index is -4.72. The summed E-state index contributed by atoms with van der Waals surface area (Å²) in [6.07, 6.45) is -2.34. The number of piperazine rings is 1. The number of rotatable bonds is 5. The average Bonchev–Trinajstić information content (AvgIpc) is 2.96. The van der Waals surface area contributed by atoms with Crippen LogP contribution in [0.15, 0.2) is 54.0 Å². The van der Waals surface area contributed by atoms with Gasteiger partial charge in [-0.1, -0.05) is 12.6 Å². The highest BCUT2D eigenvalue weighted by molar-refractivity contribution is 5.92. The summed E-state index contributed by atoms with van der Waals surface area (Å²) in [6.45, 7) is 8.33. The van der Waals surface area contributed by atoms with E-state index in [0.29, 0.717) is 0 Å². The van der Waals surface area contributed by atoms with E-state index in [1.807, 2.05) is 0 Å². The zero-order valence-corrected chi connectivity index (χ0v) is 24.0. The maximum Gasteiger partial charge on any atom is 0.397 e. The van der Waals surface area contributed by atoms with Crippen LogP contribution in [0, 0.1) is 18.6 Å². The van der Waals surface area contributed by atoms with Crippen LogP contribution in [0.4, 0.5) is 33.5 Å². The first-order valence-electron chi connectivity index (χ1n) is 13.6. The molecule has 4 aromatic rings. The number of fused-ring (bicyclic) bond motifs is 1. The van der Waals surface area contributed by atoms with E-state index in [9.17, 15) is 27.2 Å². The third-order valence-electron chi connectivity index (χ3n) is 7.75. The van der Waals surface area contributed by atoms with E-state index in [1.54, 1.807) is 16.7 Å². The Hall–Kier alpha value is -4.88. The molecule has 5 rings (SSSR count). The standard InChI is InChI=1S/C30H28F5N7O2/c1-5-22(43)40-11-12-41(16(3)14-40)27-18-13-20(32)25(23-19(31)7-6-8-21(23)36)38-28(18)42(29(44)39-27)26-15(2)9-10-37-24(26)17(4)30(33,34)35/h5-10,13,16-17H,1,11-12,14,36H2,2-4H3/t16-,17?/m0/s1. The van der Waals surface area contributed by atoms with Gasteiger partial charge in [-0.3, -0.25) is 9.78 Å². The lowest BCUT2D eigenvalue weighted by atomic mass is 10.0. The van der Waals surface area contributed by atoms with Gasteiger partial charge >= 0.3 is 11.9 Å². The van der Waals surface area contributed by atoms with Crippen LogP contribution in [-0.4, -0.2) is 62.2 Å². The number of carbonyl (C=O) groups is 1. The summed E-state index contributed by atoms with van der Waals surface area (Å²) in [5.74, 6) is -4.27. The van der Waals surface area contributed by atoms with Crippen molar-refractivity contribution in [2.45, 2.75) is 38.9 Å². The van der Waals surface area contributed by atoms with Gasteiger partial charge in [-0.2, -0.15) is 18.2 Å². The van der Waals surface area contributed by atoms with Crippen LogP contribution in [0.3, 0.4) is 0 Å². The van der Waals surface area contributed by atoms with E-state index < -0.39 is 46.8 Å². The first kappa shape index (κ1) is 30.6. The molecule has 1 aromatic carbocycles. The number of nitrogens with zero attached hydrogens (tertiary/aromatic N) is 6. The highest BCUT2D eigenvalue weighted by atomic mass is 19.4. The van der Waals surface area contributed by atoms with Crippen molar-refractivity contribution >= 4 is 28.4 Å². The number of pyridine rings is 2. The first-order valence-corrected chi connectivity index (χ1v) is 13.6. The van der Waals surface area contributed by atoms with E-state index in [-0.39, 0.29) is 64.9 Å². The average molecular weight is 614 g/mol. The van der Waals surface area contributed by atoms with Crippen molar-refractivity contribution in [2.75, 3.05) is 30.3 Å². The first-order chi connectivity index (χ1) is 20.7. The Morgan fingerprint density at radius 1 is 1.16 bits per heavy atom. The van der Waals surface area contributed by atoms with Gasteiger partial charge in [0.2, 0.25) is 5.91 Å². The number of amides is 1. The van der Waals surface area contributed by atoms with E-state index >= 15 is 4.39 Å². The fourth-order valence-corrected chi connectivity index (χ4v) is 5.43. The van der Waals surface area contributed by atoms with Crippen molar-refractivity contribution in [3.8, 4) is 16.9 Å². The molecular formula is C30H28F5N7O2. The van der Waals surface area contributed by atoms with Crippen molar-refractivity contribution in [1.29, 1.82) is 0 Å². The molecule has 0 bridgehead atoms. The van der Waals surface area contributed by atoms with Crippen molar-refractivity contribution in [1.82, 2.24) is 24.4 Å². The van der Waals surface area contributed by atoms with Crippen LogP contribution in [0.1, 0.15) is 31.0 Å². The number of alkyl halides is 3. The number of halogens is 5. The second-order valence-electron chi connectivity index (χ2n) is 10.6. The Morgan fingerprint density at radius 2 is 1.89 bits per heavy atom. The van der Waals surface area contributed by atoms with E-state index in [4.69, 9.17) is 5.73 Å². The number of hydrogen-bond donors (Lipinski definition) is 1. The lowest BCUT2D eigenvalue weighted by molar-refractivity contribution is -0.147. The molecule has 1 aliphatic rings. The Labute approximate surface area is 248 Å². The number of nitrogens with two attached hydrogens (primary N) is 1. The molecule has 2 N–H and O–H groups in total. The third kappa shape index (κ3) is 5.24. The van der Waals surface area contributed by atoms with E-state index in [2.05, 4.69) is 21.5 Å². The predicted octanol–water partition coefficient (Wildman–Crippen LogP) is 4.90. The molecule has 0 spiro atoms. The topological polar surface area (TPSA) is 110 Å². The van der Waals surface area contributed by atoms with Gasteiger partial charge in [0.25, 0.3) is 0 Å². The van der Waals surface area contributed by atoms with Gasteiger partial charge in [-0.15, -0.1) is 0 Å². The molecule has 3 aromatic heterocycles. The van der Waals surface area contributed by atoms with Crippen LogP contribution in [0.5, 0.6) is 0 Å². The molecule has 1 saturated heterocycles. The fraction of sp³-hybridized carbons (Fsp3) is 0.300. The molecule has 0 aliphatic carbocycles. The number of aryl methyl sites for hydroxylation is 1. The lowest BCUT2D eigenvalue weighted by Gasteiger charge is -2.40. The maximum absolute atomic E-state index is 15.9. The molecule has 9 nitrogen and oxygen atoms in total. The molecule has 44 heavy (non-hydrogen) atoms. The van der Waals surface area contributed by atoms with Crippen LogP contribution >= 0.6 is 0 Å². The summed E-state index contributed by atoms with van der Waals surface area (Å²) in [6, 6.07) is 5.74. The van der Waals surface area contributed by atoms with Crippen LogP contribution in [-0.2, 0) is 4.79 Å². The zero-order chi connectivity index (χ0) is 32.1. The summed E-state index contributed by atoms with van der Waals surface area (Å²) in [4.78, 5) is 41.9. The summed E-state index contributed by atoms with van der Waals surface area (Å²) < 4.78 is 73.6. The summed E-state index contributed by atoms with van der Waals surface area (Å²) >= 11 is 0. The minimum absolute atomic E-state index is 0.00544. The smallest absolute Gasteiger partial charge is 0.397 e. The molecule has 1 fully saturated rings. The van der Waals surface area contributed by atoms with E-state index in [0.717, 1.165) is 23.6 Å². The van der Waals surface area contributed by atoms with Gasteiger partial charge in [0, 0.05) is 37.6 Å². The molecule has 4 heterocycles. The quantitative estimate of drug-likeness (QED) is 0.194. The van der Waals surface area contributed by atoms with Gasteiger partial charge in [0.05, 0.1) is 28.2 Å². The molecule has 0 radical (unpaired) electrons. The zero-order valence-electron chi connectivity index (χ0n) is 24.0.